The molecule has 0 atom stereocenters. The number of esters is 3. The van der Waals surface area contributed by atoms with Gasteiger partial charge in [0.05, 0.1) is 32.6 Å². The maximum Gasteiger partial charge on any atom is 0.357 e. The van der Waals surface area contributed by atoms with Gasteiger partial charge in [-0.25, -0.2) is 19.1 Å². The molecule has 0 amide bonds. The van der Waals surface area contributed by atoms with Crippen LogP contribution in [0.25, 0.3) is 16.9 Å². The van der Waals surface area contributed by atoms with Crippen molar-refractivity contribution in [3.8, 4) is 28.4 Å². The van der Waals surface area contributed by atoms with Gasteiger partial charge in [-0.3, -0.25) is 0 Å². The Bertz CT molecular complexity index is 1470. The summed E-state index contributed by atoms with van der Waals surface area (Å²) in [6, 6.07) is 20.4. The second-order valence-corrected chi connectivity index (χ2v) is 8.40. The third kappa shape index (κ3) is 5.10. The molecule has 0 aliphatic rings. The number of aromatic nitrogens is 2. The summed E-state index contributed by atoms with van der Waals surface area (Å²) in [5, 5.41) is 4.58. The molecule has 9 nitrogen and oxygen atoms in total. The van der Waals surface area contributed by atoms with Crippen LogP contribution in [0.4, 0.5) is 0 Å². The lowest BCUT2D eigenvalue weighted by molar-refractivity contribution is 0.0549. The topological polar surface area (TPSA) is 106 Å². The van der Waals surface area contributed by atoms with Crippen LogP contribution in [0, 0.1) is 0 Å². The first kappa shape index (κ1) is 25.6. The Hall–Kier alpha value is -4.44. The summed E-state index contributed by atoms with van der Waals surface area (Å²) in [5.41, 5.74) is 1.19. The molecule has 0 saturated heterocycles. The number of halogens is 1. The fourth-order valence-corrected chi connectivity index (χ4v) is 4.14. The third-order valence-corrected chi connectivity index (χ3v) is 6.03. The largest absolute Gasteiger partial charge is 0.493 e. The van der Waals surface area contributed by atoms with E-state index in [0.717, 1.165) is 0 Å². The SMILES string of the molecule is COC(=O)c1c(-c2cc(OC)c(OC(=O)c3ccccc3)cc2Br)nn(-c2ccccc2)c1C(=O)OC. The van der Waals surface area contributed by atoms with Crippen LogP contribution in [-0.2, 0) is 9.47 Å². The monoisotopic (exact) mass is 564 g/mol. The second kappa shape index (κ2) is 11.1. The molecule has 10 heteroatoms. The molecular weight excluding hydrogens is 544 g/mol. The minimum atomic E-state index is -0.789. The molecule has 0 fully saturated rings. The van der Waals surface area contributed by atoms with Gasteiger partial charge >= 0.3 is 17.9 Å². The van der Waals surface area contributed by atoms with Gasteiger partial charge in [-0.1, -0.05) is 36.4 Å². The molecule has 1 aromatic heterocycles. The average molecular weight is 565 g/mol. The minimum Gasteiger partial charge on any atom is -0.493 e. The van der Waals surface area contributed by atoms with Gasteiger partial charge < -0.3 is 18.9 Å². The van der Waals surface area contributed by atoms with E-state index in [-0.39, 0.29) is 28.5 Å². The van der Waals surface area contributed by atoms with E-state index in [2.05, 4.69) is 21.0 Å². The molecule has 0 spiro atoms. The number of rotatable bonds is 7. The van der Waals surface area contributed by atoms with Crippen molar-refractivity contribution in [2.45, 2.75) is 0 Å². The van der Waals surface area contributed by atoms with E-state index >= 15 is 0 Å². The van der Waals surface area contributed by atoms with Gasteiger partial charge in [-0.15, -0.1) is 0 Å². The molecule has 1 heterocycles. The fourth-order valence-electron chi connectivity index (χ4n) is 3.63. The Morgan fingerprint density at radius 3 is 2.00 bits per heavy atom. The lowest BCUT2D eigenvalue weighted by Crippen LogP contribution is -2.15. The van der Waals surface area contributed by atoms with Gasteiger partial charge in [0, 0.05) is 10.0 Å². The van der Waals surface area contributed by atoms with Crippen molar-refractivity contribution in [2.75, 3.05) is 21.3 Å². The molecule has 0 saturated carbocycles. The number of carbonyl (C=O) groups excluding carboxylic acids is 3. The molecule has 4 aromatic rings. The number of hydrogen-bond donors (Lipinski definition) is 0. The highest BCUT2D eigenvalue weighted by Crippen LogP contribution is 2.41. The molecule has 0 radical (unpaired) electrons. The first-order chi connectivity index (χ1) is 17.9. The van der Waals surface area contributed by atoms with Crippen LogP contribution in [-0.4, -0.2) is 49.0 Å². The molecule has 0 N–H and O–H groups in total. The molecule has 0 bridgehead atoms. The van der Waals surface area contributed by atoms with E-state index in [9.17, 15) is 14.4 Å². The zero-order valence-corrected chi connectivity index (χ0v) is 21.6. The predicted molar refractivity (Wildman–Crippen MR) is 137 cm³/mol. The lowest BCUT2D eigenvalue weighted by Gasteiger charge is -2.13. The Balaban J connectivity index is 1.89. The van der Waals surface area contributed by atoms with E-state index in [1.165, 1.54) is 32.1 Å². The summed E-state index contributed by atoms with van der Waals surface area (Å²) >= 11 is 3.48. The summed E-state index contributed by atoms with van der Waals surface area (Å²) in [6.07, 6.45) is 0. The van der Waals surface area contributed by atoms with Crippen LogP contribution in [0.15, 0.2) is 77.3 Å². The maximum atomic E-state index is 12.9. The second-order valence-electron chi connectivity index (χ2n) is 7.54. The van der Waals surface area contributed by atoms with Gasteiger partial charge in [0.15, 0.2) is 17.2 Å². The molecule has 4 rings (SSSR count). The van der Waals surface area contributed by atoms with Crippen LogP contribution in [0.3, 0.4) is 0 Å². The summed E-state index contributed by atoms with van der Waals surface area (Å²) in [5.74, 6) is -1.80. The number of benzene rings is 3. The van der Waals surface area contributed by atoms with Crippen LogP contribution >= 0.6 is 15.9 Å². The van der Waals surface area contributed by atoms with E-state index < -0.39 is 17.9 Å². The Labute approximate surface area is 220 Å². The first-order valence-corrected chi connectivity index (χ1v) is 11.7. The van der Waals surface area contributed by atoms with Crippen molar-refractivity contribution < 1.29 is 33.3 Å². The van der Waals surface area contributed by atoms with Crippen molar-refractivity contribution in [3.63, 3.8) is 0 Å². The number of ether oxygens (including phenoxy) is 4. The average Bonchev–Trinajstić information content (AvgIpc) is 3.33. The molecule has 0 aliphatic heterocycles. The Morgan fingerprint density at radius 1 is 0.784 bits per heavy atom. The zero-order valence-electron chi connectivity index (χ0n) is 20.1. The number of para-hydroxylation sites is 1. The van der Waals surface area contributed by atoms with Crippen LogP contribution in [0.5, 0.6) is 11.5 Å². The smallest absolute Gasteiger partial charge is 0.357 e. The van der Waals surface area contributed by atoms with E-state index in [1.54, 1.807) is 60.7 Å². The molecule has 188 valence electrons. The summed E-state index contributed by atoms with van der Waals surface area (Å²) in [7, 11) is 3.82. The lowest BCUT2D eigenvalue weighted by atomic mass is 10.0. The van der Waals surface area contributed by atoms with Crippen molar-refractivity contribution in [1.82, 2.24) is 9.78 Å². The third-order valence-electron chi connectivity index (χ3n) is 5.38. The summed E-state index contributed by atoms with van der Waals surface area (Å²) < 4.78 is 22.7. The van der Waals surface area contributed by atoms with Crippen molar-refractivity contribution in [1.29, 1.82) is 0 Å². The molecule has 37 heavy (non-hydrogen) atoms. The molecule has 0 aliphatic carbocycles. The molecule has 0 unspecified atom stereocenters. The van der Waals surface area contributed by atoms with Crippen LogP contribution < -0.4 is 9.47 Å². The zero-order chi connectivity index (χ0) is 26.5. The first-order valence-electron chi connectivity index (χ1n) is 10.9. The van der Waals surface area contributed by atoms with Gasteiger partial charge in [0.2, 0.25) is 0 Å². The number of methoxy groups -OCH3 is 3. The van der Waals surface area contributed by atoms with Gasteiger partial charge in [-0.05, 0) is 52.3 Å². The van der Waals surface area contributed by atoms with Gasteiger partial charge in [0.1, 0.15) is 11.3 Å². The normalized spacial score (nSPS) is 10.5. The van der Waals surface area contributed by atoms with Crippen molar-refractivity contribution in [2.24, 2.45) is 0 Å². The van der Waals surface area contributed by atoms with Crippen LogP contribution in [0.1, 0.15) is 31.2 Å². The summed E-state index contributed by atoms with van der Waals surface area (Å²) in [4.78, 5) is 38.4. The molecule has 3 aromatic carbocycles. The summed E-state index contributed by atoms with van der Waals surface area (Å²) in [6.45, 7) is 0. The highest BCUT2D eigenvalue weighted by Gasteiger charge is 2.32. The van der Waals surface area contributed by atoms with Gasteiger partial charge in [0.25, 0.3) is 0 Å². The highest BCUT2D eigenvalue weighted by atomic mass is 79.9. The number of hydrogen-bond acceptors (Lipinski definition) is 8. The van der Waals surface area contributed by atoms with Crippen molar-refractivity contribution in [3.05, 3.63) is 94.1 Å². The van der Waals surface area contributed by atoms with E-state index in [0.29, 0.717) is 21.3 Å². The standard InChI is InChI=1S/C27H21BrN2O7/c1-34-20-14-18(19(28)15-21(20)37-25(31)16-10-6-4-7-11-16)23-22(26(32)35-2)24(27(33)36-3)30(29-23)17-12-8-5-9-13-17/h4-15H,1-3H3. The Kier molecular flexibility index (Phi) is 7.69. The quantitative estimate of drug-likeness (QED) is 0.225. The predicted octanol–water partition coefficient (Wildman–Crippen LogP) is 5.10. The maximum absolute atomic E-state index is 12.9. The highest BCUT2D eigenvalue weighted by molar-refractivity contribution is 9.10. The molecular formula is C27H21BrN2O7. The number of carbonyl (C=O) groups is 3. The van der Waals surface area contributed by atoms with E-state index in [1.807, 2.05) is 6.07 Å². The number of nitrogens with zero attached hydrogens (tertiary/aromatic N) is 2. The van der Waals surface area contributed by atoms with Crippen LogP contribution in [0.2, 0.25) is 0 Å². The van der Waals surface area contributed by atoms with Gasteiger partial charge in [-0.2, -0.15) is 5.10 Å². The van der Waals surface area contributed by atoms with Crippen molar-refractivity contribution >= 4 is 33.8 Å². The van der Waals surface area contributed by atoms with E-state index in [4.69, 9.17) is 18.9 Å². The Morgan fingerprint density at radius 2 is 1.41 bits per heavy atom. The minimum absolute atomic E-state index is 0.102. The fraction of sp³-hybridized carbons (Fsp3) is 0.111.